The smallest absolute Gasteiger partial charge is 0.361 e. The summed E-state index contributed by atoms with van der Waals surface area (Å²) in [5, 5.41) is 13.8. The van der Waals surface area contributed by atoms with E-state index in [2.05, 4.69) is 10.3 Å². The second-order valence-electron chi connectivity index (χ2n) is 9.83. The quantitative estimate of drug-likeness (QED) is 0.356. The number of hydrazone groups is 1. The lowest BCUT2D eigenvalue weighted by molar-refractivity contribution is -0.134. The van der Waals surface area contributed by atoms with Gasteiger partial charge in [0.15, 0.2) is 5.69 Å². The zero-order valence-corrected chi connectivity index (χ0v) is 23.1. The fourth-order valence-corrected chi connectivity index (χ4v) is 5.32. The van der Waals surface area contributed by atoms with Crippen LogP contribution in [0.5, 0.6) is 0 Å². The molecule has 10 nitrogen and oxygen atoms in total. The van der Waals surface area contributed by atoms with E-state index in [4.69, 9.17) is 14.6 Å². The van der Waals surface area contributed by atoms with Crippen molar-refractivity contribution in [3.63, 3.8) is 0 Å². The SMILES string of the molecule is CCOC(=O)c1nnn(CC(=O)N2N=C3/C(=C/c4ccc(F)cc4)CCC[C@H]3[C@@H]2c2ccc(F)cc2)c1C(=O)OCC. The number of hydrogen-bond donors (Lipinski definition) is 0. The monoisotopic (exact) mass is 577 g/mol. The number of aromatic nitrogens is 3. The van der Waals surface area contributed by atoms with E-state index in [0.29, 0.717) is 17.7 Å². The Kier molecular flexibility index (Phi) is 8.51. The minimum atomic E-state index is -0.876. The van der Waals surface area contributed by atoms with Crippen molar-refractivity contribution in [2.24, 2.45) is 11.0 Å². The van der Waals surface area contributed by atoms with Crippen LogP contribution in [0.15, 0.2) is 59.2 Å². The minimum absolute atomic E-state index is 0.0253. The first-order valence-corrected chi connectivity index (χ1v) is 13.7. The number of ether oxygens (including phenoxy) is 2. The highest BCUT2D eigenvalue weighted by Crippen LogP contribution is 2.44. The molecule has 1 aliphatic carbocycles. The average Bonchev–Trinajstić information content (AvgIpc) is 3.58. The summed E-state index contributed by atoms with van der Waals surface area (Å²) in [6, 6.07) is 11.4. The zero-order valence-electron chi connectivity index (χ0n) is 23.1. The van der Waals surface area contributed by atoms with E-state index in [-0.39, 0.29) is 36.3 Å². The molecule has 5 rings (SSSR count). The number of amides is 1. The maximum absolute atomic E-state index is 13.9. The van der Waals surface area contributed by atoms with Crippen LogP contribution in [-0.4, -0.2) is 56.8 Å². The lowest BCUT2D eigenvalue weighted by atomic mass is 9.77. The van der Waals surface area contributed by atoms with E-state index >= 15 is 0 Å². The number of rotatable bonds is 8. The van der Waals surface area contributed by atoms with Gasteiger partial charge in [-0.3, -0.25) is 4.79 Å². The summed E-state index contributed by atoms with van der Waals surface area (Å²) in [6.07, 6.45) is 4.21. The van der Waals surface area contributed by atoms with Gasteiger partial charge in [0.1, 0.15) is 18.2 Å². The number of carbonyl (C=O) groups excluding carboxylic acids is 3. The minimum Gasteiger partial charge on any atom is -0.461 e. The topological polar surface area (TPSA) is 116 Å². The van der Waals surface area contributed by atoms with E-state index in [1.54, 1.807) is 38.1 Å². The molecule has 2 heterocycles. The molecule has 0 radical (unpaired) electrons. The Morgan fingerprint density at radius 3 is 2.26 bits per heavy atom. The Morgan fingerprint density at radius 1 is 0.952 bits per heavy atom. The molecule has 2 atom stereocenters. The predicted octanol–water partition coefficient (Wildman–Crippen LogP) is 4.73. The Morgan fingerprint density at radius 2 is 1.60 bits per heavy atom. The molecule has 1 saturated carbocycles. The molecule has 0 saturated heterocycles. The molecule has 1 fully saturated rings. The van der Waals surface area contributed by atoms with E-state index in [0.717, 1.165) is 28.7 Å². The van der Waals surface area contributed by atoms with Gasteiger partial charge in [0.25, 0.3) is 5.91 Å². The third kappa shape index (κ3) is 5.83. The van der Waals surface area contributed by atoms with Crippen molar-refractivity contribution in [1.29, 1.82) is 0 Å². The molecule has 1 aromatic heterocycles. The molecule has 12 heteroatoms. The number of carbonyl (C=O) groups is 3. The van der Waals surface area contributed by atoms with Crippen molar-refractivity contribution >= 4 is 29.6 Å². The maximum atomic E-state index is 13.9. The van der Waals surface area contributed by atoms with E-state index in [1.165, 1.54) is 29.3 Å². The summed E-state index contributed by atoms with van der Waals surface area (Å²) >= 11 is 0. The molecule has 42 heavy (non-hydrogen) atoms. The number of esters is 2. The molecule has 218 valence electrons. The third-order valence-corrected chi connectivity index (χ3v) is 7.14. The fraction of sp³-hybridized carbons (Fsp3) is 0.333. The lowest BCUT2D eigenvalue weighted by Crippen LogP contribution is -2.34. The first-order valence-electron chi connectivity index (χ1n) is 13.7. The average molecular weight is 578 g/mol. The number of fused-ring (bicyclic) bond motifs is 1. The van der Waals surface area contributed by atoms with Gasteiger partial charge in [-0.15, -0.1) is 5.10 Å². The molecule has 2 aliphatic rings. The molecule has 0 spiro atoms. The molecule has 1 amide bonds. The van der Waals surface area contributed by atoms with E-state index in [9.17, 15) is 23.2 Å². The Hall–Kier alpha value is -4.74. The summed E-state index contributed by atoms with van der Waals surface area (Å²) in [4.78, 5) is 39.1. The van der Waals surface area contributed by atoms with Crippen molar-refractivity contribution in [1.82, 2.24) is 20.0 Å². The summed E-state index contributed by atoms with van der Waals surface area (Å²) in [5.41, 5.74) is 2.45. The molecular weight excluding hydrogens is 548 g/mol. The number of nitrogens with zero attached hydrogens (tertiary/aromatic N) is 5. The molecule has 0 N–H and O–H groups in total. The van der Waals surface area contributed by atoms with Gasteiger partial charge in [-0.25, -0.2) is 28.1 Å². The summed E-state index contributed by atoms with van der Waals surface area (Å²) in [5.74, 6) is -3.21. The van der Waals surface area contributed by atoms with Crippen LogP contribution in [0.2, 0.25) is 0 Å². The predicted molar refractivity (Wildman–Crippen MR) is 147 cm³/mol. The molecule has 2 aromatic carbocycles. The van der Waals surface area contributed by atoms with Crippen LogP contribution in [0.1, 0.15) is 71.3 Å². The lowest BCUT2D eigenvalue weighted by Gasteiger charge is -2.29. The maximum Gasteiger partial charge on any atom is 0.361 e. The fourth-order valence-electron chi connectivity index (χ4n) is 5.32. The standard InChI is InChI=1S/C30H29F2N5O5/c1-3-41-29(39)26-28(30(40)42-4-2)36(35-33-26)17-24(38)37-27(19-10-14-22(32)15-11-19)23-7-5-6-20(25(23)34-37)16-18-8-12-21(31)13-9-18/h8-16,23,27H,3-7,17H2,1-2H3/b20-16+/t23-,27+/m1/s1. The molecule has 3 aromatic rings. The van der Waals surface area contributed by atoms with Crippen molar-refractivity contribution < 1.29 is 32.6 Å². The van der Waals surface area contributed by atoms with Crippen LogP contribution in [0.4, 0.5) is 8.78 Å². The Labute approximate surface area is 240 Å². The van der Waals surface area contributed by atoms with Crippen LogP contribution >= 0.6 is 0 Å². The first-order chi connectivity index (χ1) is 20.3. The van der Waals surface area contributed by atoms with Crippen molar-refractivity contribution in [2.75, 3.05) is 13.2 Å². The molecule has 0 unspecified atom stereocenters. The molecule has 1 aliphatic heterocycles. The van der Waals surface area contributed by atoms with E-state index in [1.807, 2.05) is 6.08 Å². The number of benzene rings is 2. The second-order valence-corrected chi connectivity index (χ2v) is 9.83. The van der Waals surface area contributed by atoms with Crippen LogP contribution in [-0.2, 0) is 20.8 Å². The summed E-state index contributed by atoms with van der Waals surface area (Å²) < 4.78 is 38.4. The van der Waals surface area contributed by atoms with Crippen LogP contribution in [0, 0.1) is 17.6 Å². The van der Waals surface area contributed by atoms with Gasteiger partial charge >= 0.3 is 11.9 Å². The Bertz CT molecular complexity index is 1550. The van der Waals surface area contributed by atoms with Gasteiger partial charge in [-0.05, 0) is 80.2 Å². The third-order valence-electron chi connectivity index (χ3n) is 7.14. The number of hydrogen-bond acceptors (Lipinski definition) is 8. The van der Waals surface area contributed by atoms with Crippen molar-refractivity contribution in [3.8, 4) is 0 Å². The molecular formula is C30H29F2N5O5. The van der Waals surface area contributed by atoms with Gasteiger partial charge in [0.05, 0.1) is 25.0 Å². The largest absolute Gasteiger partial charge is 0.461 e. The van der Waals surface area contributed by atoms with Gasteiger partial charge in [-0.2, -0.15) is 5.10 Å². The first kappa shape index (κ1) is 28.8. The van der Waals surface area contributed by atoms with Crippen LogP contribution in [0.25, 0.3) is 6.08 Å². The van der Waals surface area contributed by atoms with Gasteiger partial charge in [0, 0.05) is 5.92 Å². The van der Waals surface area contributed by atoms with Gasteiger partial charge < -0.3 is 9.47 Å². The summed E-state index contributed by atoms with van der Waals surface area (Å²) in [6.45, 7) is 2.81. The van der Waals surface area contributed by atoms with Gasteiger partial charge in [0.2, 0.25) is 5.69 Å². The highest BCUT2D eigenvalue weighted by atomic mass is 19.1. The van der Waals surface area contributed by atoms with Crippen LogP contribution in [0.3, 0.4) is 0 Å². The van der Waals surface area contributed by atoms with E-state index < -0.39 is 36.2 Å². The van der Waals surface area contributed by atoms with Crippen molar-refractivity contribution in [2.45, 2.75) is 45.7 Å². The van der Waals surface area contributed by atoms with Crippen molar-refractivity contribution in [3.05, 3.63) is 88.3 Å². The number of allylic oxidation sites excluding steroid dienone is 1. The Balaban J connectivity index is 1.52. The highest BCUT2D eigenvalue weighted by Gasteiger charge is 2.44. The zero-order chi connectivity index (χ0) is 29.8. The van der Waals surface area contributed by atoms with Crippen LogP contribution < -0.4 is 0 Å². The summed E-state index contributed by atoms with van der Waals surface area (Å²) in [7, 11) is 0. The molecule has 0 bridgehead atoms. The second kappa shape index (κ2) is 12.4. The van der Waals surface area contributed by atoms with Gasteiger partial charge in [-0.1, -0.05) is 29.5 Å². The highest BCUT2D eigenvalue weighted by molar-refractivity contribution is 6.08. The number of halogens is 2. The normalized spacial score (nSPS) is 18.9.